The Morgan fingerprint density at radius 1 is 1.03 bits per heavy atom. The number of rotatable bonds is 6. The predicted octanol–water partition coefficient (Wildman–Crippen LogP) is 5.14. The lowest BCUT2D eigenvalue weighted by Gasteiger charge is -2.08. The Morgan fingerprint density at radius 3 is 2.56 bits per heavy atom. The molecule has 1 amide bonds. The maximum absolute atomic E-state index is 13.8. The van der Waals surface area contributed by atoms with Gasteiger partial charge >= 0.3 is 0 Å². The summed E-state index contributed by atoms with van der Waals surface area (Å²) in [6.07, 6.45) is 1.71. The van der Waals surface area contributed by atoms with Crippen molar-refractivity contribution in [2.45, 2.75) is 19.9 Å². The van der Waals surface area contributed by atoms with Crippen LogP contribution in [0.1, 0.15) is 33.6 Å². The van der Waals surface area contributed by atoms with Gasteiger partial charge in [0.1, 0.15) is 11.3 Å². The van der Waals surface area contributed by atoms with Crippen molar-refractivity contribution in [2.24, 2.45) is 0 Å². The summed E-state index contributed by atoms with van der Waals surface area (Å²) in [4.78, 5) is 17.5. The molecule has 0 saturated carbocycles. The molecule has 9 heteroatoms. The molecule has 0 aliphatic rings. The molecular formula is C25H20F2N6O. The summed E-state index contributed by atoms with van der Waals surface area (Å²) in [5.74, 6) is -0.511. The zero-order valence-electron chi connectivity index (χ0n) is 18.2. The Hall–Kier alpha value is -4.40. The molecule has 34 heavy (non-hydrogen) atoms. The summed E-state index contributed by atoms with van der Waals surface area (Å²) in [6, 6.07) is 18.2. The highest BCUT2D eigenvalue weighted by atomic mass is 19.3. The van der Waals surface area contributed by atoms with Gasteiger partial charge in [-0.2, -0.15) is 10.2 Å². The minimum atomic E-state index is -2.79. The van der Waals surface area contributed by atoms with Crippen LogP contribution in [0.3, 0.4) is 0 Å². The van der Waals surface area contributed by atoms with Crippen LogP contribution in [0.25, 0.3) is 16.9 Å². The Balaban J connectivity index is 1.44. The van der Waals surface area contributed by atoms with E-state index in [0.29, 0.717) is 23.5 Å². The molecule has 0 saturated heterocycles. The molecule has 3 heterocycles. The molecule has 0 bridgehead atoms. The summed E-state index contributed by atoms with van der Waals surface area (Å²) in [5.41, 5.74) is 3.54. The summed E-state index contributed by atoms with van der Waals surface area (Å²) >= 11 is 0. The molecule has 0 radical (unpaired) electrons. The number of fused-ring (bicyclic) bond motifs is 1. The predicted molar refractivity (Wildman–Crippen MR) is 124 cm³/mol. The molecular weight excluding hydrogens is 438 g/mol. The minimum absolute atomic E-state index is 0.0569. The van der Waals surface area contributed by atoms with Gasteiger partial charge in [0.2, 0.25) is 0 Å². The van der Waals surface area contributed by atoms with Crippen LogP contribution in [0.4, 0.5) is 14.5 Å². The fourth-order valence-electron chi connectivity index (χ4n) is 3.73. The second-order valence-corrected chi connectivity index (χ2v) is 7.83. The van der Waals surface area contributed by atoms with E-state index in [-0.39, 0.29) is 16.9 Å². The molecule has 5 aromatic rings. The first-order valence-electron chi connectivity index (χ1n) is 10.6. The Morgan fingerprint density at radius 2 is 1.79 bits per heavy atom. The van der Waals surface area contributed by atoms with Gasteiger partial charge in [-0.15, -0.1) is 0 Å². The van der Waals surface area contributed by atoms with E-state index in [1.54, 1.807) is 35.1 Å². The number of amides is 1. The summed E-state index contributed by atoms with van der Waals surface area (Å²) in [5, 5.41) is 11.1. The van der Waals surface area contributed by atoms with Crippen molar-refractivity contribution in [1.29, 1.82) is 0 Å². The molecule has 0 unspecified atom stereocenters. The van der Waals surface area contributed by atoms with E-state index in [1.165, 1.54) is 18.5 Å². The first-order chi connectivity index (χ1) is 16.5. The van der Waals surface area contributed by atoms with Gasteiger partial charge in [-0.25, -0.2) is 18.3 Å². The minimum Gasteiger partial charge on any atom is -0.319 e. The van der Waals surface area contributed by atoms with E-state index in [1.807, 2.05) is 37.3 Å². The third kappa shape index (κ3) is 4.15. The smallest absolute Gasteiger partial charge is 0.280 e. The number of hydrogen-bond acceptors (Lipinski definition) is 4. The second kappa shape index (κ2) is 8.86. The molecule has 0 fully saturated rings. The van der Waals surface area contributed by atoms with Crippen molar-refractivity contribution < 1.29 is 13.6 Å². The van der Waals surface area contributed by atoms with Crippen molar-refractivity contribution in [3.05, 3.63) is 102 Å². The quantitative estimate of drug-likeness (QED) is 0.382. The third-order valence-corrected chi connectivity index (χ3v) is 5.52. The van der Waals surface area contributed by atoms with E-state index < -0.39 is 12.3 Å². The van der Waals surface area contributed by atoms with Gasteiger partial charge in [-0.1, -0.05) is 54.6 Å². The third-order valence-electron chi connectivity index (χ3n) is 5.52. The van der Waals surface area contributed by atoms with Gasteiger partial charge in [0.15, 0.2) is 5.65 Å². The number of halogens is 2. The van der Waals surface area contributed by atoms with E-state index in [0.717, 1.165) is 15.6 Å². The average molecular weight is 458 g/mol. The number of nitrogens with zero attached hydrogens (tertiary/aromatic N) is 5. The number of carbonyl (C=O) groups excluding carboxylic acids is 1. The molecule has 3 aromatic heterocycles. The van der Waals surface area contributed by atoms with Gasteiger partial charge in [0.05, 0.1) is 30.3 Å². The fraction of sp³-hybridized carbons (Fsp3) is 0.120. The van der Waals surface area contributed by atoms with Gasteiger partial charge in [0, 0.05) is 11.8 Å². The van der Waals surface area contributed by atoms with Crippen LogP contribution in [0.5, 0.6) is 0 Å². The van der Waals surface area contributed by atoms with Gasteiger partial charge in [-0.05, 0) is 24.1 Å². The lowest BCUT2D eigenvalue weighted by molar-refractivity contribution is 0.102. The molecule has 1 N–H and O–H groups in total. The fourth-order valence-corrected chi connectivity index (χ4v) is 3.73. The van der Waals surface area contributed by atoms with Gasteiger partial charge in [-0.3, -0.25) is 9.48 Å². The number of alkyl halides is 2. The average Bonchev–Trinajstić information content (AvgIpc) is 3.47. The lowest BCUT2D eigenvalue weighted by atomic mass is 10.1. The molecule has 5 rings (SSSR count). The normalized spacial score (nSPS) is 11.3. The summed E-state index contributed by atoms with van der Waals surface area (Å²) in [6.45, 7) is 2.58. The van der Waals surface area contributed by atoms with Crippen LogP contribution in [0.2, 0.25) is 0 Å². The number of anilines is 1. The Bertz CT molecular complexity index is 1480. The van der Waals surface area contributed by atoms with Crippen molar-refractivity contribution in [2.75, 3.05) is 5.32 Å². The van der Waals surface area contributed by atoms with Gasteiger partial charge < -0.3 is 5.32 Å². The van der Waals surface area contributed by atoms with E-state index in [2.05, 4.69) is 20.5 Å². The molecule has 7 nitrogen and oxygen atoms in total. The van der Waals surface area contributed by atoms with E-state index >= 15 is 0 Å². The van der Waals surface area contributed by atoms with Crippen LogP contribution in [0, 0.1) is 6.92 Å². The number of nitrogens with one attached hydrogen (secondary N) is 1. The molecule has 170 valence electrons. The summed E-state index contributed by atoms with van der Waals surface area (Å²) in [7, 11) is 0. The van der Waals surface area contributed by atoms with Gasteiger partial charge in [0.25, 0.3) is 12.3 Å². The largest absolute Gasteiger partial charge is 0.319 e. The number of benzene rings is 2. The standard InChI is InChI=1S/C25H20F2N6O/c1-16-7-5-6-10-18(16)14-32-15-19(12-28-32)30-25(34)20-13-29-33-22(23(26)27)11-21(31-24(20)33)17-8-3-2-4-9-17/h2-13,15,23H,14H2,1H3,(H,30,34). The van der Waals surface area contributed by atoms with Crippen LogP contribution in [-0.2, 0) is 6.54 Å². The highest BCUT2D eigenvalue weighted by Crippen LogP contribution is 2.27. The Kier molecular flexibility index (Phi) is 5.59. The number of aryl methyl sites for hydroxylation is 1. The topological polar surface area (TPSA) is 77.1 Å². The van der Waals surface area contributed by atoms with Crippen molar-refractivity contribution in [1.82, 2.24) is 24.4 Å². The second-order valence-electron chi connectivity index (χ2n) is 7.83. The van der Waals surface area contributed by atoms with Crippen LogP contribution >= 0.6 is 0 Å². The van der Waals surface area contributed by atoms with Crippen LogP contribution in [-0.4, -0.2) is 30.3 Å². The molecule has 0 spiro atoms. The van der Waals surface area contributed by atoms with Crippen LogP contribution < -0.4 is 5.32 Å². The van der Waals surface area contributed by atoms with E-state index in [9.17, 15) is 13.6 Å². The maximum Gasteiger partial charge on any atom is 0.280 e. The van der Waals surface area contributed by atoms with Crippen molar-refractivity contribution in [3.63, 3.8) is 0 Å². The lowest BCUT2D eigenvalue weighted by Crippen LogP contribution is -2.12. The highest BCUT2D eigenvalue weighted by Gasteiger charge is 2.22. The van der Waals surface area contributed by atoms with Crippen molar-refractivity contribution >= 4 is 17.2 Å². The number of aromatic nitrogens is 5. The Labute approximate surface area is 193 Å². The first kappa shape index (κ1) is 21.4. The molecule has 0 atom stereocenters. The first-order valence-corrected chi connectivity index (χ1v) is 10.6. The van der Waals surface area contributed by atoms with Crippen molar-refractivity contribution in [3.8, 4) is 11.3 Å². The maximum atomic E-state index is 13.8. The monoisotopic (exact) mass is 458 g/mol. The SMILES string of the molecule is Cc1ccccc1Cn1cc(NC(=O)c2cnn3c(C(F)F)cc(-c4ccccc4)nc23)cn1. The molecule has 0 aliphatic carbocycles. The van der Waals surface area contributed by atoms with Crippen LogP contribution in [0.15, 0.2) is 79.3 Å². The zero-order chi connectivity index (χ0) is 23.7. The van der Waals surface area contributed by atoms with E-state index in [4.69, 9.17) is 0 Å². The summed E-state index contributed by atoms with van der Waals surface area (Å²) < 4.78 is 30.2. The number of hydrogen-bond donors (Lipinski definition) is 1. The highest BCUT2D eigenvalue weighted by molar-refractivity contribution is 6.08. The zero-order valence-corrected chi connectivity index (χ0v) is 18.2. The molecule has 2 aromatic carbocycles. The number of carbonyl (C=O) groups is 1. The molecule has 0 aliphatic heterocycles.